The molecule has 1 fully saturated rings. The number of methoxy groups -OCH3 is 1. The van der Waals surface area contributed by atoms with Gasteiger partial charge in [-0.05, 0) is 37.6 Å². The van der Waals surface area contributed by atoms with Crippen LogP contribution in [0.5, 0.6) is 0 Å². The third kappa shape index (κ3) is 5.13. The quantitative estimate of drug-likeness (QED) is 0.295. The molecule has 2 aromatic carbocycles. The number of ether oxygens (including phenoxy) is 4. The van der Waals surface area contributed by atoms with Crippen LogP contribution >= 0.6 is 0 Å². The first kappa shape index (κ1) is 25.8. The second kappa shape index (κ2) is 11.2. The van der Waals surface area contributed by atoms with E-state index in [4.69, 9.17) is 23.5 Å². The van der Waals surface area contributed by atoms with Crippen molar-refractivity contribution in [1.29, 1.82) is 5.26 Å². The van der Waals surface area contributed by atoms with E-state index in [0.717, 1.165) is 4.31 Å². The molecule has 3 aromatic rings. The zero-order chi connectivity index (χ0) is 25.7. The van der Waals surface area contributed by atoms with Crippen molar-refractivity contribution in [3.8, 4) is 17.2 Å². The van der Waals surface area contributed by atoms with Crippen LogP contribution in [0.1, 0.15) is 28.7 Å². The maximum Gasteiger partial charge on any atom is 0.269 e. The van der Waals surface area contributed by atoms with Crippen LogP contribution in [0, 0.1) is 25.2 Å². The third-order valence-electron chi connectivity index (χ3n) is 5.80. The number of nitrogens with zero attached hydrogens (tertiary/aromatic N) is 3. The van der Waals surface area contributed by atoms with Gasteiger partial charge in [-0.2, -0.15) is 5.26 Å². The van der Waals surface area contributed by atoms with E-state index in [1.807, 2.05) is 0 Å². The van der Waals surface area contributed by atoms with E-state index in [1.54, 1.807) is 50.2 Å². The van der Waals surface area contributed by atoms with Crippen molar-refractivity contribution in [1.82, 2.24) is 5.16 Å². The summed E-state index contributed by atoms with van der Waals surface area (Å²) in [5, 5.41) is 13.4. The van der Waals surface area contributed by atoms with Crippen LogP contribution in [-0.4, -0.2) is 53.8 Å². The molecule has 0 aliphatic carbocycles. The molecule has 0 radical (unpaired) electrons. The molecule has 190 valence electrons. The summed E-state index contributed by atoms with van der Waals surface area (Å²) < 4.78 is 56.7. The lowest BCUT2D eigenvalue weighted by Gasteiger charge is -2.24. The summed E-state index contributed by atoms with van der Waals surface area (Å²) in [6.45, 7) is 4.46. The maximum absolute atomic E-state index is 14.1. The molecule has 1 aliphatic rings. The van der Waals surface area contributed by atoms with E-state index in [-0.39, 0.29) is 24.1 Å². The van der Waals surface area contributed by atoms with Crippen LogP contribution in [0.4, 0.5) is 5.88 Å². The van der Waals surface area contributed by atoms with E-state index < -0.39 is 16.3 Å². The van der Waals surface area contributed by atoms with Crippen molar-refractivity contribution >= 4 is 15.9 Å². The average Bonchev–Trinajstić information content (AvgIpc) is 3.54. The normalized spacial score (nSPS) is 14.2. The average molecular weight is 514 g/mol. The Morgan fingerprint density at radius 1 is 1.11 bits per heavy atom. The van der Waals surface area contributed by atoms with Crippen LogP contribution in [0.3, 0.4) is 0 Å². The number of anilines is 1. The van der Waals surface area contributed by atoms with Gasteiger partial charge in [-0.1, -0.05) is 29.4 Å². The molecule has 11 heteroatoms. The fourth-order valence-corrected chi connectivity index (χ4v) is 5.35. The molecular formula is C25H27N3O7S. The Bertz CT molecular complexity index is 1360. The van der Waals surface area contributed by atoms with Gasteiger partial charge < -0.3 is 23.5 Å². The van der Waals surface area contributed by atoms with Crippen molar-refractivity contribution in [2.45, 2.75) is 25.0 Å². The summed E-state index contributed by atoms with van der Waals surface area (Å²) in [5.41, 5.74) is 3.13. The summed E-state index contributed by atoms with van der Waals surface area (Å²) >= 11 is 0. The van der Waals surface area contributed by atoms with E-state index in [1.165, 1.54) is 13.2 Å². The molecule has 0 saturated carbocycles. The van der Waals surface area contributed by atoms with Crippen LogP contribution < -0.4 is 4.31 Å². The Morgan fingerprint density at radius 3 is 2.53 bits per heavy atom. The number of sulfonamides is 1. The van der Waals surface area contributed by atoms with Crippen molar-refractivity contribution < 1.29 is 31.9 Å². The van der Waals surface area contributed by atoms with Gasteiger partial charge >= 0.3 is 0 Å². The van der Waals surface area contributed by atoms with Gasteiger partial charge in [0.15, 0.2) is 6.29 Å². The van der Waals surface area contributed by atoms with Gasteiger partial charge in [-0.15, -0.1) is 0 Å². The summed E-state index contributed by atoms with van der Waals surface area (Å²) in [6, 6.07) is 13.7. The zero-order valence-corrected chi connectivity index (χ0v) is 21.1. The number of hydrogen-bond acceptors (Lipinski definition) is 9. The lowest BCUT2D eigenvalue weighted by molar-refractivity contribution is -0.0437. The largest absolute Gasteiger partial charge is 0.382 e. The van der Waals surface area contributed by atoms with Gasteiger partial charge in [0.2, 0.25) is 5.88 Å². The Labute approximate surface area is 210 Å². The summed E-state index contributed by atoms with van der Waals surface area (Å²) in [7, 11) is -2.67. The number of aromatic nitrogens is 1. The molecular weight excluding hydrogens is 486 g/mol. The lowest BCUT2D eigenvalue weighted by atomic mass is 9.97. The third-order valence-corrected chi connectivity index (χ3v) is 7.56. The van der Waals surface area contributed by atoms with Gasteiger partial charge in [0.05, 0.1) is 48.6 Å². The molecule has 4 rings (SSSR count). The highest BCUT2D eigenvalue weighted by Gasteiger charge is 2.33. The number of nitriles is 1. The van der Waals surface area contributed by atoms with Crippen molar-refractivity contribution in [3.05, 3.63) is 64.8 Å². The highest BCUT2D eigenvalue weighted by molar-refractivity contribution is 7.93. The molecule has 2 heterocycles. The van der Waals surface area contributed by atoms with E-state index in [2.05, 4.69) is 11.2 Å². The van der Waals surface area contributed by atoms with Gasteiger partial charge in [0, 0.05) is 23.8 Å². The fourth-order valence-electron chi connectivity index (χ4n) is 3.81. The standard InChI is InChI=1S/C25H27N3O7S/c1-17-18(2)27-35-24(17)28(16-32-11-10-31-3)36(29,30)23-7-5-4-6-21(23)20-9-8-19(15-26)14-22(20)25-33-12-13-34-25/h4-9,14,25H,10-13,16H2,1-3H3. The maximum atomic E-state index is 14.1. The first-order valence-corrected chi connectivity index (χ1v) is 12.7. The fraction of sp³-hybridized carbons (Fsp3) is 0.360. The Hall–Kier alpha value is -3.27. The number of rotatable bonds is 10. The molecule has 0 N–H and O–H groups in total. The molecule has 0 amide bonds. The minimum absolute atomic E-state index is 0.0257. The Morgan fingerprint density at radius 2 is 1.86 bits per heavy atom. The van der Waals surface area contributed by atoms with E-state index >= 15 is 0 Å². The van der Waals surface area contributed by atoms with Gasteiger partial charge in [0.25, 0.3) is 10.0 Å². The smallest absolute Gasteiger partial charge is 0.269 e. The number of aryl methyl sites for hydroxylation is 1. The minimum atomic E-state index is -4.20. The molecule has 10 nitrogen and oxygen atoms in total. The molecule has 1 saturated heterocycles. The zero-order valence-electron chi connectivity index (χ0n) is 20.3. The van der Waals surface area contributed by atoms with Crippen molar-refractivity contribution in [2.75, 3.05) is 44.6 Å². The first-order chi connectivity index (χ1) is 17.4. The van der Waals surface area contributed by atoms with E-state index in [0.29, 0.717) is 53.3 Å². The monoisotopic (exact) mass is 513 g/mol. The first-order valence-electron chi connectivity index (χ1n) is 11.3. The van der Waals surface area contributed by atoms with Crippen LogP contribution in [0.2, 0.25) is 0 Å². The summed E-state index contributed by atoms with van der Waals surface area (Å²) in [5.74, 6) is 0.0715. The number of hydrogen-bond donors (Lipinski definition) is 0. The second-order valence-electron chi connectivity index (χ2n) is 8.07. The predicted molar refractivity (Wildman–Crippen MR) is 130 cm³/mol. The molecule has 36 heavy (non-hydrogen) atoms. The molecule has 0 bridgehead atoms. The second-order valence-corrected chi connectivity index (χ2v) is 9.90. The van der Waals surface area contributed by atoms with Gasteiger partial charge in [-0.25, -0.2) is 12.7 Å². The molecule has 0 spiro atoms. The van der Waals surface area contributed by atoms with E-state index in [9.17, 15) is 13.7 Å². The number of benzene rings is 2. The van der Waals surface area contributed by atoms with Crippen LogP contribution in [0.25, 0.3) is 11.1 Å². The molecule has 0 atom stereocenters. The van der Waals surface area contributed by atoms with Crippen LogP contribution in [-0.2, 0) is 29.0 Å². The lowest BCUT2D eigenvalue weighted by Crippen LogP contribution is -2.34. The highest BCUT2D eigenvalue weighted by Crippen LogP contribution is 2.38. The van der Waals surface area contributed by atoms with Crippen LogP contribution in [0.15, 0.2) is 51.9 Å². The van der Waals surface area contributed by atoms with Gasteiger partial charge in [0.1, 0.15) is 6.73 Å². The SMILES string of the molecule is COCCOCN(c1onc(C)c1C)S(=O)(=O)c1ccccc1-c1ccc(C#N)cc1C1OCCO1. The van der Waals surface area contributed by atoms with Crippen molar-refractivity contribution in [3.63, 3.8) is 0 Å². The Kier molecular flexibility index (Phi) is 8.03. The van der Waals surface area contributed by atoms with Gasteiger partial charge in [-0.3, -0.25) is 0 Å². The molecule has 0 unspecified atom stereocenters. The summed E-state index contributed by atoms with van der Waals surface area (Å²) in [4.78, 5) is 0.0257. The molecule has 1 aliphatic heterocycles. The summed E-state index contributed by atoms with van der Waals surface area (Å²) in [6.07, 6.45) is -0.711. The molecule has 1 aromatic heterocycles. The predicted octanol–water partition coefficient (Wildman–Crippen LogP) is 3.69. The Balaban J connectivity index is 1.83. The topological polar surface area (TPSA) is 124 Å². The minimum Gasteiger partial charge on any atom is -0.382 e. The highest BCUT2D eigenvalue weighted by atomic mass is 32.2. The van der Waals surface area contributed by atoms with Crippen molar-refractivity contribution in [2.24, 2.45) is 0 Å².